The van der Waals surface area contributed by atoms with E-state index in [4.69, 9.17) is 5.11 Å². The molecule has 6 heteroatoms. The van der Waals surface area contributed by atoms with Gasteiger partial charge in [-0.05, 0) is 12.3 Å². The van der Waals surface area contributed by atoms with E-state index in [0.29, 0.717) is 6.42 Å². The molecular formula is C10H14N2O4. The highest BCUT2D eigenvalue weighted by Gasteiger charge is 2.53. The van der Waals surface area contributed by atoms with Crippen molar-refractivity contribution in [3.8, 4) is 0 Å². The molecular weight excluding hydrogens is 212 g/mol. The molecule has 3 N–H and O–H groups in total. The Morgan fingerprint density at radius 3 is 2.75 bits per heavy atom. The minimum Gasteiger partial charge on any atom is -0.396 e. The first-order valence-corrected chi connectivity index (χ1v) is 5.13. The van der Waals surface area contributed by atoms with Crippen LogP contribution in [0.15, 0.2) is 21.9 Å². The molecule has 1 aromatic rings. The molecule has 16 heavy (non-hydrogen) atoms. The van der Waals surface area contributed by atoms with Crippen LogP contribution in [-0.4, -0.2) is 33.0 Å². The van der Waals surface area contributed by atoms with Gasteiger partial charge in [-0.15, -0.1) is 0 Å². The van der Waals surface area contributed by atoms with Crippen molar-refractivity contribution >= 4 is 0 Å². The summed E-state index contributed by atoms with van der Waals surface area (Å²) >= 11 is 0. The third-order valence-corrected chi connectivity index (χ3v) is 3.31. The Bertz CT molecular complexity index is 464. The lowest BCUT2D eigenvalue weighted by atomic mass is 10.1. The molecule has 1 saturated carbocycles. The monoisotopic (exact) mass is 226 g/mol. The fraction of sp³-hybridized carbons (Fsp3) is 0.600. The maximum atomic E-state index is 11.5. The summed E-state index contributed by atoms with van der Waals surface area (Å²) in [6.07, 6.45) is 1.93. The van der Waals surface area contributed by atoms with Crippen LogP contribution in [0, 0.1) is 11.3 Å². The Labute approximate surface area is 91.2 Å². The number of aromatic nitrogens is 2. The number of nitrogens with one attached hydrogen (secondary N) is 1. The molecule has 1 aliphatic carbocycles. The summed E-state index contributed by atoms with van der Waals surface area (Å²) in [6.45, 7) is 0.00276. The third-order valence-electron chi connectivity index (χ3n) is 3.31. The summed E-state index contributed by atoms with van der Waals surface area (Å²) < 4.78 is 1.06. The van der Waals surface area contributed by atoms with Gasteiger partial charge < -0.3 is 15.2 Å². The molecule has 0 aromatic carbocycles. The molecule has 0 amide bonds. The van der Waals surface area contributed by atoms with Crippen LogP contribution >= 0.6 is 0 Å². The molecule has 1 aliphatic rings. The first-order valence-electron chi connectivity index (χ1n) is 5.13. The fourth-order valence-corrected chi connectivity index (χ4v) is 2.04. The zero-order chi connectivity index (χ0) is 11.8. The lowest BCUT2D eigenvalue weighted by molar-refractivity contribution is 0.155. The van der Waals surface area contributed by atoms with Gasteiger partial charge in [0, 0.05) is 30.8 Å². The van der Waals surface area contributed by atoms with Crippen molar-refractivity contribution in [2.75, 3.05) is 13.2 Å². The summed E-state index contributed by atoms with van der Waals surface area (Å²) in [4.78, 5) is 25.3. The number of hydrogen-bond donors (Lipinski definition) is 3. The summed E-state index contributed by atoms with van der Waals surface area (Å²) in [6, 6.07) is 1.27. The van der Waals surface area contributed by atoms with E-state index >= 15 is 0 Å². The molecule has 88 valence electrons. The average molecular weight is 226 g/mol. The van der Waals surface area contributed by atoms with Crippen LogP contribution in [0.2, 0.25) is 0 Å². The summed E-state index contributed by atoms with van der Waals surface area (Å²) in [5.74, 6) is -0.0241. The standard InChI is InChI=1S/C10H14N2O4/c13-4-7-3-10(7,6-14)5-12-8(15)1-2-11-9(12)16/h1-2,7,13-14H,3-6H2,(H,11,16)/t7-,10-/m0/s1. The van der Waals surface area contributed by atoms with Crippen molar-refractivity contribution in [2.24, 2.45) is 11.3 Å². The third kappa shape index (κ3) is 1.70. The van der Waals surface area contributed by atoms with Gasteiger partial charge in [0.25, 0.3) is 5.56 Å². The van der Waals surface area contributed by atoms with Crippen molar-refractivity contribution < 1.29 is 10.2 Å². The molecule has 1 heterocycles. The molecule has 1 aromatic heterocycles. The highest BCUT2D eigenvalue weighted by atomic mass is 16.3. The molecule has 1 fully saturated rings. The van der Waals surface area contributed by atoms with Crippen LogP contribution in [0.5, 0.6) is 0 Å². The topological polar surface area (TPSA) is 95.3 Å². The number of rotatable bonds is 4. The van der Waals surface area contributed by atoms with Gasteiger partial charge in [0.05, 0.1) is 6.61 Å². The Morgan fingerprint density at radius 2 is 2.25 bits per heavy atom. The maximum Gasteiger partial charge on any atom is 0.328 e. The van der Waals surface area contributed by atoms with Crippen LogP contribution in [0.3, 0.4) is 0 Å². The van der Waals surface area contributed by atoms with E-state index in [1.807, 2.05) is 0 Å². The Balaban J connectivity index is 2.28. The van der Waals surface area contributed by atoms with Crippen molar-refractivity contribution in [3.05, 3.63) is 33.1 Å². The normalized spacial score (nSPS) is 28.0. The fourth-order valence-electron chi connectivity index (χ4n) is 2.04. The van der Waals surface area contributed by atoms with Gasteiger partial charge in [0.15, 0.2) is 0 Å². The van der Waals surface area contributed by atoms with Gasteiger partial charge in [-0.1, -0.05) is 0 Å². The molecule has 0 unspecified atom stereocenters. The van der Waals surface area contributed by atoms with E-state index in [2.05, 4.69) is 4.98 Å². The average Bonchev–Trinajstić information content (AvgIpc) is 2.98. The number of aromatic amines is 1. The lowest BCUT2D eigenvalue weighted by Crippen LogP contribution is -2.38. The second-order valence-corrected chi connectivity index (χ2v) is 4.31. The molecule has 0 aliphatic heterocycles. The first-order chi connectivity index (χ1) is 7.63. The van der Waals surface area contributed by atoms with Crippen molar-refractivity contribution in [1.82, 2.24) is 9.55 Å². The number of aliphatic hydroxyl groups is 2. The molecule has 2 atom stereocenters. The van der Waals surface area contributed by atoms with E-state index in [1.165, 1.54) is 12.3 Å². The zero-order valence-corrected chi connectivity index (χ0v) is 8.72. The number of nitrogens with zero attached hydrogens (tertiary/aromatic N) is 1. The summed E-state index contributed by atoms with van der Waals surface area (Å²) in [5.41, 5.74) is -1.38. The van der Waals surface area contributed by atoms with Crippen LogP contribution in [-0.2, 0) is 6.54 Å². The van der Waals surface area contributed by atoms with E-state index in [0.717, 1.165) is 4.57 Å². The minimum absolute atomic E-state index is 0.0241. The van der Waals surface area contributed by atoms with Crippen LogP contribution in [0.25, 0.3) is 0 Å². The smallest absolute Gasteiger partial charge is 0.328 e. The maximum absolute atomic E-state index is 11.5. The van der Waals surface area contributed by atoms with Gasteiger partial charge >= 0.3 is 5.69 Å². The van der Waals surface area contributed by atoms with Crippen LogP contribution in [0.4, 0.5) is 0 Å². The highest BCUT2D eigenvalue weighted by molar-refractivity contribution is 5.02. The van der Waals surface area contributed by atoms with Gasteiger partial charge in [-0.25, -0.2) is 4.79 Å². The predicted octanol–water partition coefficient (Wildman–Crippen LogP) is -1.47. The van der Waals surface area contributed by atoms with E-state index in [9.17, 15) is 14.7 Å². The van der Waals surface area contributed by atoms with E-state index < -0.39 is 11.1 Å². The molecule has 0 spiro atoms. The molecule has 6 nitrogen and oxygen atoms in total. The predicted molar refractivity (Wildman–Crippen MR) is 56.0 cm³/mol. The van der Waals surface area contributed by atoms with Crippen LogP contribution in [0.1, 0.15) is 6.42 Å². The molecule has 2 rings (SSSR count). The van der Waals surface area contributed by atoms with Crippen LogP contribution < -0.4 is 11.2 Å². The van der Waals surface area contributed by atoms with Gasteiger partial charge in [0.1, 0.15) is 0 Å². The quantitative estimate of drug-likeness (QED) is 0.584. The summed E-state index contributed by atoms with van der Waals surface area (Å²) in [5, 5.41) is 18.3. The zero-order valence-electron chi connectivity index (χ0n) is 8.72. The van der Waals surface area contributed by atoms with Crippen molar-refractivity contribution in [1.29, 1.82) is 0 Å². The van der Waals surface area contributed by atoms with Gasteiger partial charge in [-0.3, -0.25) is 9.36 Å². The largest absolute Gasteiger partial charge is 0.396 e. The molecule has 0 radical (unpaired) electrons. The lowest BCUT2D eigenvalue weighted by Gasteiger charge is -2.14. The number of aliphatic hydroxyl groups excluding tert-OH is 2. The van der Waals surface area contributed by atoms with Crippen molar-refractivity contribution in [2.45, 2.75) is 13.0 Å². The second kappa shape index (κ2) is 3.88. The summed E-state index contributed by atoms with van der Waals surface area (Å²) in [7, 11) is 0. The molecule has 0 bridgehead atoms. The second-order valence-electron chi connectivity index (χ2n) is 4.31. The number of hydrogen-bond acceptors (Lipinski definition) is 4. The van der Waals surface area contributed by atoms with E-state index in [1.54, 1.807) is 0 Å². The van der Waals surface area contributed by atoms with Crippen molar-refractivity contribution in [3.63, 3.8) is 0 Å². The highest BCUT2D eigenvalue weighted by Crippen LogP contribution is 2.52. The van der Waals surface area contributed by atoms with E-state index in [-0.39, 0.29) is 31.2 Å². The number of H-pyrrole nitrogens is 1. The Morgan fingerprint density at radius 1 is 1.50 bits per heavy atom. The Kier molecular flexibility index (Phi) is 2.69. The molecule has 0 saturated heterocycles. The van der Waals surface area contributed by atoms with Gasteiger partial charge in [0.2, 0.25) is 0 Å². The minimum atomic E-state index is -0.507. The Hall–Kier alpha value is -1.40. The SMILES string of the molecule is O=c1cc[nH]c(=O)n1C[C@]1(CO)C[C@H]1CO. The van der Waals surface area contributed by atoms with Gasteiger partial charge in [-0.2, -0.15) is 0 Å². The first kappa shape index (κ1) is 11.1.